The van der Waals surface area contributed by atoms with Crippen molar-refractivity contribution in [3.8, 4) is 0 Å². The number of carbonyl (C=O) groups is 3. The molecule has 0 aromatic heterocycles. The number of carbonyl (C=O) groups excluding carboxylic acids is 3. The molecular formula is C73H134O6. The lowest BCUT2D eigenvalue weighted by Gasteiger charge is -2.18. The molecule has 1 atom stereocenters. The quantitative estimate of drug-likeness (QED) is 0.0261. The van der Waals surface area contributed by atoms with Crippen LogP contribution in [0, 0.1) is 0 Å². The maximum Gasteiger partial charge on any atom is 0.306 e. The minimum Gasteiger partial charge on any atom is -0.462 e. The lowest BCUT2D eigenvalue weighted by Crippen LogP contribution is -2.30. The molecule has 1 unspecified atom stereocenters. The van der Waals surface area contributed by atoms with E-state index in [-0.39, 0.29) is 31.1 Å². The van der Waals surface area contributed by atoms with E-state index in [1.807, 2.05) is 0 Å². The average molecular weight is 1110 g/mol. The Kier molecular flexibility index (Phi) is 65.6. The maximum absolute atomic E-state index is 12.9. The van der Waals surface area contributed by atoms with Gasteiger partial charge in [0.25, 0.3) is 0 Å². The minimum atomic E-state index is -0.778. The fourth-order valence-corrected chi connectivity index (χ4v) is 10.5. The van der Waals surface area contributed by atoms with Crippen molar-refractivity contribution >= 4 is 17.9 Å². The van der Waals surface area contributed by atoms with Crippen molar-refractivity contribution in [2.24, 2.45) is 0 Å². The van der Waals surface area contributed by atoms with Gasteiger partial charge in [0.1, 0.15) is 13.2 Å². The largest absolute Gasteiger partial charge is 0.462 e. The van der Waals surface area contributed by atoms with E-state index in [1.54, 1.807) is 0 Å². The van der Waals surface area contributed by atoms with Gasteiger partial charge in [-0.25, -0.2) is 0 Å². The van der Waals surface area contributed by atoms with Gasteiger partial charge in [0.2, 0.25) is 0 Å². The first kappa shape index (κ1) is 76.4. The van der Waals surface area contributed by atoms with Gasteiger partial charge in [0.05, 0.1) is 0 Å². The Morgan fingerprint density at radius 2 is 0.456 bits per heavy atom. The van der Waals surface area contributed by atoms with Crippen LogP contribution >= 0.6 is 0 Å². The van der Waals surface area contributed by atoms with E-state index in [2.05, 4.69) is 69.4 Å². The van der Waals surface area contributed by atoms with Gasteiger partial charge in [-0.05, 0) is 103 Å². The summed E-state index contributed by atoms with van der Waals surface area (Å²) in [6, 6.07) is 0. The van der Waals surface area contributed by atoms with Gasteiger partial charge in [-0.15, -0.1) is 0 Å². The molecule has 0 aromatic carbocycles. The average Bonchev–Trinajstić information content (AvgIpc) is 3.45. The molecule has 0 aliphatic carbocycles. The molecule has 0 aliphatic heterocycles. The van der Waals surface area contributed by atoms with Crippen molar-refractivity contribution in [2.75, 3.05) is 13.2 Å². The molecule has 0 amide bonds. The molecule has 6 nitrogen and oxygen atoms in total. The zero-order chi connectivity index (χ0) is 57.1. The van der Waals surface area contributed by atoms with Gasteiger partial charge in [0.15, 0.2) is 6.10 Å². The first-order chi connectivity index (χ1) is 39.0. The molecule has 0 aliphatic rings. The normalized spacial score (nSPS) is 12.3. The van der Waals surface area contributed by atoms with Crippen molar-refractivity contribution < 1.29 is 28.6 Å². The van der Waals surface area contributed by atoms with E-state index in [4.69, 9.17) is 14.2 Å². The third-order valence-corrected chi connectivity index (χ3v) is 15.8. The maximum atomic E-state index is 12.9. The van der Waals surface area contributed by atoms with Gasteiger partial charge in [0, 0.05) is 19.3 Å². The summed E-state index contributed by atoms with van der Waals surface area (Å²) in [6.45, 7) is 6.67. The molecule has 0 rings (SSSR count). The highest BCUT2D eigenvalue weighted by Crippen LogP contribution is 2.18. The predicted octanol–water partition coefficient (Wildman–Crippen LogP) is 24.1. The van der Waals surface area contributed by atoms with Crippen LogP contribution in [-0.2, 0) is 28.6 Å². The molecule has 0 fully saturated rings. The third kappa shape index (κ3) is 66.1. The molecule has 0 radical (unpaired) electrons. The molecule has 0 bridgehead atoms. The van der Waals surface area contributed by atoms with Crippen LogP contribution in [0.5, 0.6) is 0 Å². The van der Waals surface area contributed by atoms with Crippen LogP contribution in [0.15, 0.2) is 48.6 Å². The van der Waals surface area contributed by atoms with Crippen LogP contribution in [0.3, 0.4) is 0 Å². The minimum absolute atomic E-state index is 0.0733. The summed E-state index contributed by atoms with van der Waals surface area (Å²) in [7, 11) is 0. The van der Waals surface area contributed by atoms with Crippen molar-refractivity contribution in [1.82, 2.24) is 0 Å². The highest BCUT2D eigenvalue weighted by molar-refractivity contribution is 5.71. The molecule has 6 heteroatoms. The van der Waals surface area contributed by atoms with Crippen LogP contribution in [0.4, 0.5) is 0 Å². The van der Waals surface area contributed by atoms with Gasteiger partial charge >= 0.3 is 17.9 Å². The topological polar surface area (TPSA) is 78.9 Å². The first-order valence-corrected chi connectivity index (χ1v) is 35.1. The second-order valence-corrected chi connectivity index (χ2v) is 23.8. The van der Waals surface area contributed by atoms with E-state index < -0.39 is 6.10 Å². The van der Waals surface area contributed by atoms with Crippen LogP contribution in [-0.4, -0.2) is 37.2 Å². The van der Waals surface area contributed by atoms with Crippen LogP contribution in [0.2, 0.25) is 0 Å². The van der Waals surface area contributed by atoms with E-state index in [9.17, 15) is 14.4 Å². The Hall–Kier alpha value is -2.63. The number of rotatable bonds is 65. The molecule has 0 aromatic rings. The first-order valence-electron chi connectivity index (χ1n) is 35.1. The van der Waals surface area contributed by atoms with Crippen molar-refractivity contribution in [3.05, 3.63) is 48.6 Å². The van der Waals surface area contributed by atoms with Crippen molar-refractivity contribution in [2.45, 2.75) is 386 Å². The summed E-state index contributed by atoms with van der Waals surface area (Å²) in [6.07, 6.45) is 85.6. The number of unbranched alkanes of at least 4 members (excludes halogenated alkanes) is 46. The Balaban J connectivity index is 4.25. The summed E-state index contributed by atoms with van der Waals surface area (Å²) in [5.74, 6) is -0.861. The smallest absolute Gasteiger partial charge is 0.306 e. The molecule has 0 N–H and O–H groups in total. The lowest BCUT2D eigenvalue weighted by molar-refractivity contribution is -0.167. The number of hydrogen-bond acceptors (Lipinski definition) is 6. The molecule has 462 valence electrons. The SMILES string of the molecule is CCCCCC/C=C\CCCCCCCC(=O)OCC(COC(=O)CCCCCCCCCCCCCCC/C=C\CCCCCCCCCC)OC(=O)CCCCCCCCCCCCC/C=C\C/C=C\CCCCCCC. The summed E-state index contributed by atoms with van der Waals surface area (Å²) >= 11 is 0. The molecule has 79 heavy (non-hydrogen) atoms. The van der Waals surface area contributed by atoms with Gasteiger partial charge in [-0.3, -0.25) is 14.4 Å². The Labute approximate surface area is 492 Å². The van der Waals surface area contributed by atoms with E-state index in [1.165, 1.54) is 270 Å². The van der Waals surface area contributed by atoms with Crippen LogP contribution < -0.4 is 0 Å². The Morgan fingerprint density at radius 1 is 0.253 bits per heavy atom. The number of esters is 3. The number of ether oxygens (including phenoxy) is 3. The monoisotopic (exact) mass is 1110 g/mol. The van der Waals surface area contributed by atoms with E-state index in [0.717, 1.165) is 70.6 Å². The Bertz CT molecular complexity index is 1360. The second kappa shape index (κ2) is 67.9. The van der Waals surface area contributed by atoms with Crippen LogP contribution in [0.25, 0.3) is 0 Å². The Morgan fingerprint density at radius 3 is 0.722 bits per heavy atom. The summed E-state index contributed by atoms with van der Waals surface area (Å²) in [4.78, 5) is 38.4. The predicted molar refractivity (Wildman–Crippen MR) is 344 cm³/mol. The molecular weight excluding hydrogens is 973 g/mol. The lowest BCUT2D eigenvalue weighted by atomic mass is 10.0. The molecule has 0 heterocycles. The fraction of sp³-hybridized carbons (Fsp3) is 0.849. The fourth-order valence-electron chi connectivity index (χ4n) is 10.5. The number of hydrogen-bond donors (Lipinski definition) is 0. The standard InChI is InChI=1S/C73H134O6/c1-4-7-10-13-16-19-22-25-27-29-31-33-35-36-38-39-41-43-45-48-51-54-57-60-63-66-72(75)78-69-70(68-77-71(74)65-62-59-56-53-50-47-24-21-18-15-12-9-6-3)79-73(76)67-64-61-58-55-52-49-46-44-42-40-37-34-32-30-28-26-23-20-17-14-11-8-5-2/h21,23-24,26,29-32,70H,4-20,22,25,27-28,33-69H2,1-3H3/b24-21-,26-23-,31-29-,32-30-. The number of allylic oxidation sites excluding steroid dienone is 8. The summed E-state index contributed by atoms with van der Waals surface area (Å²) < 4.78 is 17.0. The van der Waals surface area contributed by atoms with Crippen LogP contribution in [0.1, 0.15) is 380 Å². The van der Waals surface area contributed by atoms with Crippen molar-refractivity contribution in [1.29, 1.82) is 0 Å². The zero-order valence-electron chi connectivity index (χ0n) is 53.2. The van der Waals surface area contributed by atoms with Gasteiger partial charge in [-0.1, -0.05) is 307 Å². The van der Waals surface area contributed by atoms with Gasteiger partial charge in [-0.2, -0.15) is 0 Å². The van der Waals surface area contributed by atoms with E-state index in [0.29, 0.717) is 19.3 Å². The summed E-state index contributed by atoms with van der Waals surface area (Å²) in [5, 5.41) is 0. The molecule has 0 saturated heterocycles. The van der Waals surface area contributed by atoms with Gasteiger partial charge < -0.3 is 14.2 Å². The highest BCUT2D eigenvalue weighted by Gasteiger charge is 2.19. The zero-order valence-corrected chi connectivity index (χ0v) is 53.2. The van der Waals surface area contributed by atoms with Crippen molar-refractivity contribution in [3.63, 3.8) is 0 Å². The molecule has 0 saturated carbocycles. The summed E-state index contributed by atoms with van der Waals surface area (Å²) in [5.41, 5.74) is 0. The van der Waals surface area contributed by atoms with E-state index >= 15 is 0 Å². The third-order valence-electron chi connectivity index (χ3n) is 15.8. The highest BCUT2D eigenvalue weighted by atomic mass is 16.6. The molecule has 0 spiro atoms. The second-order valence-electron chi connectivity index (χ2n) is 23.8.